The summed E-state index contributed by atoms with van der Waals surface area (Å²) in [7, 11) is 0. The predicted molar refractivity (Wildman–Crippen MR) is 261 cm³/mol. The third-order valence-electron chi connectivity index (χ3n) is 11.7. The van der Waals surface area contributed by atoms with Crippen molar-refractivity contribution in [3.8, 4) is 0 Å². The molecule has 0 N–H and O–H groups in total. The van der Waals surface area contributed by atoms with Gasteiger partial charge in [0.15, 0.2) is 6.10 Å². The Balaban J connectivity index is 4.27. The number of hydrogen-bond acceptors (Lipinski definition) is 6. The van der Waals surface area contributed by atoms with Crippen LogP contribution in [0.25, 0.3) is 0 Å². The largest absolute Gasteiger partial charge is 0.462 e. The van der Waals surface area contributed by atoms with E-state index in [0.717, 1.165) is 83.5 Å². The van der Waals surface area contributed by atoms with Gasteiger partial charge in [-0.15, -0.1) is 0 Å². The van der Waals surface area contributed by atoms with E-state index in [1.807, 2.05) is 0 Å². The molecule has 0 rings (SSSR count). The fourth-order valence-corrected chi connectivity index (χ4v) is 7.69. The zero-order chi connectivity index (χ0) is 44.4. The second kappa shape index (κ2) is 50.3. The first-order valence-electron chi connectivity index (χ1n) is 26.5. The number of hydrogen-bond donors (Lipinski definition) is 0. The Morgan fingerprint density at radius 3 is 1.00 bits per heavy atom. The van der Waals surface area contributed by atoms with E-state index in [4.69, 9.17) is 14.2 Å². The topological polar surface area (TPSA) is 78.9 Å². The second-order valence-electron chi connectivity index (χ2n) is 17.8. The number of allylic oxidation sites excluding steroid dienone is 6. The van der Waals surface area contributed by atoms with Gasteiger partial charge in [0.05, 0.1) is 0 Å². The van der Waals surface area contributed by atoms with Gasteiger partial charge in [-0.05, 0) is 51.4 Å². The van der Waals surface area contributed by atoms with Crippen LogP contribution in [-0.2, 0) is 28.6 Å². The molecule has 1 unspecified atom stereocenters. The molecule has 0 saturated carbocycles. The van der Waals surface area contributed by atoms with E-state index in [1.165, 1.54) is 154 Å². The standard InChI is InChI=1S/C55H100O6/c1-4-7-10-13-16-19-22-24-25-26-27-28-29-30-32-33-36-39-42-45-48-54(57)60-51-52(50-59-53(56)47-44-41-38-35-21-18-15-12-9-6-3)61-55(58)49-46-43-40-37-34-31-23-20-17-14-11-8-5-2/h8,11,17,20,31,34,52H,4-7,9-10,12-16,18-19,21-30,32-33,35-51H2,1-3H3/b11-8-,20-17-,34-31-. The molecule has 0 radical (unpaired) electrons. The molecule has 0 aromatic carbocycles. The van der Waals surface area contributed by atoms with Crippen LogP contribution in [-0.4, -0.2) is 37.2 Å². The van der Waals surface area contributed by atoms with Crippen molar-refractivity contribution in [3.05, 3.63) is 36.5 Å². The molecule has 1 atom stereocenters. The Kier molecular flexibility index (Phi) is 48.3. The molecular weight excluding hydrogens is 757 g/mol. The van der Waals surface area contributed by atoms with Crippen molar-refractivity contribution >= 4 is 17.9 Å². The van der Waals surface area contributed by atoms with Crippen molar-refractivity contribution in [2.24, 2.45) is 0 Å². The van der Waals surface area contributed by atoms with Gasteiger partial charge in [0, 0.05) is 19.3 Å². The van der Waals surface area contributed by atoms with Crippen LogP contribution in [0.2, 0.25) is 0 Å². The molecule has 0 heterocycles. The maximum atomic E-state index is 12.8. The summed E-state index contributed by atoms with van der Waals surface area (Å²) in [5.74, 6) is -0.899. The lowest BCUT2D eigenvalue weighted by molar-refractivity contribution is -0.167. The average Bonchev–Trinajstić information content (AvgIpc) is 3.26. The van der Waals surface area contributed by atoms with Gasteiger partial charge < -0.3 is 14.2 Å². The number of carbonyl (C=O) groups is 3. The molecule has 6 nitrogen and oxygen atoms in total. The molecule has 0 aromatic heterocycles. The normalized spacial score (nSPS) is 12.2. The molecule has 0 bridgehead atoms. The van der Waals surface area contributed by atoms with Crippen LogP contribution < -0.4 is 0 Å². The van der Waals surface area contributed by atoms with Crippen LogP contribution >= 0.6 is 0 Å². The van der Waals surface area contributed by atoms with Crippen LogP contribution in [0.3, 0.4) is 0 Å². The fraction of sp³-hybridized carbons (Fsp3) is 0.836. The maximum Gasteiger partial charge on any atom is 0.306 e. The summed E-state index contributed by atoms with van der Waals surface area (Å²) in [4.78, 5) is 37.9. The highest BCUT2D eigenvalue weighted by Gasteiger charge is 2.19. The van der Waals surface area contributed by atoms with E-state index in [-0.39, 0.29) is 31.1 Å². The first kappa shape index (κ1) is 58.6. The lowest BCUT2D eigenvalue weighted by Crippen LogP contribution is -2.30. The van der Waals surface area contributed by atoms with Crippen molar-refractivity contribution in [2.75, 3.05) is 13.2 Å². The second-order valence-corrected chi connectivity index (χ2v) is 17.8. The van der Waals surface area contributed by atoms with Gasteiger partial charge >= 0.3 is 17.9 Å². The molecular formula is C55H100O6. The minimum atomic E-state index is -0.781. The number of unbranched alkanes of at least 4 members (excludes halogenated alkanes) is 31. The van der Waals surface area contributed by atoms with Gasteiger partial charge in [-0.2, -0.15) is 0 Å². The summed E-state index contributed by atoms with van der Waals surface area (Å²) in [5.41, 5.74) is 0. The van der Waals surface area contributed by atoms with Crippen LogP contribution in [0.1, 0.15) is 278 Å². The van der Waals surface area contributed by atoms with Crippen molar-refractivity contribution in [2.45, 2.75) is 284 Å². The molecule has 0 aliphatic heterocycles. The Morgan fingerprint density at radius 2 is 0.639 bits per heavy atom. The third-order valence-corrected chi connectivity index (χ3v) is 11.7. The lowest BCUT2D eigenvalue weighted by atomic mass is 10.0. The van der Waals surface area contributed by atoms with E-state index < -0.39 is 6.10 Å². The Hall–Kier alpha value is -2.37. The van der Waals surface area contributed by atoms with E-state index in [2.05, 4.69) is 57.2 Å². The minimum Gasteiger partial charge on any atom is -0.462 e. The summed E-state index contributed by atoms with van der Waals surface area (Å²) >= 11 is 0. The summed E-state index contributed by atoms with van der Waals surface area (Å²) in [6.45, 7) is 6.51. The van der Waals surface area contributed by atoms with E-state index in [0.29, 0.717) is 19.3 Å². The third kappa shape index (κ3) is 48.5. The quantitative estimate of drug-likeness (QED) is 0.0262. The summed E-state index contributed by atoms with van der Waals surface area (Å²) in [5, 5.41) is 0. The molecule has 0 aromatic rings. The molecule has 61 heavy (non-hydrogen) atoms. The molecule has 0 spiro atoms. The monoisotopic (exact) mass is 857 g/mol. The van der Waals surface area contributed by atoms with Crippen LogP contribution in [0.4, 0.5) is 0 Å². The Morgan fingerprint density at radius 1 is 0.344 bits per heavy atom. The van der Waals surface area contributed by atoms with Gasteiger partial charge in [-0.3, -0.25) is 14.4 Å². The van der Waals surface area contributed by atoms with E-state index >= 15 is 0 Å². The van der Waals surface area contributed by atoms with Crippen molar-refractivity contribution in [1.29, 1.82) is 0 Å². The summed E-state index contributed by atoms with van der Waals surface area (Å²) in [6, 6.07) is 0. The molecule has 0 amide bonds. The highest BCUT2D eigenvalue weighted by Crippen LogP contribution is 2.16. The van der Waals surface area contributed by atoms with E-state index in [1.54, 1.807) is 0 Å². The van der Waals surface area contributed by atoms with Crippen LogP contribution in [0.5, 0.6) is 0 Å². The first-order valence-corrected chi connectivity index (χ1v) is 26.5. The van der Waals surface area contributed by atoms with Crippen molar-refractivity contribution < 1.29 is 28.6 Å². The van der Waals surface area contributed by atoms with E-state index in [9.17, 15) is 14.4 Å². The molecule has 6 heteroatoms. The molecule has 0 aliphatic rings. The zero-order valence-corrected chi connectivity index (χ0v) is 40.7. The maximum absolute atomic E-state index is 12.8. The van der Waals surface area contributed by atoms with Gasteiger partial charge in [-0.25, -0.2) is 0 Å². The Bertz CT molecular complexity index is 1030. The number of rotatable bonds is 48. The smallest absolute Gasteiger partial charge is 0.306 e. The SMILES string of the molecule is CC/C=C\C/C=C\C/C=C\CCCCCC(=O)OC(COC(=O)CCCCCCCCCCCC)COC(=O)CCCCCCCCCCCCCCCCCCCCCC. The number of esters is 3. The zero-order valence-electron chi connectivity index (χ0n) is 40.7. The summed E-state index contributed by atoms with van der Waals surface area (Å²) in [6.07, 6.45) is 58.6. The average molecular weight is 857 g/mol. The first-order chi connectivity index (χ1) is 30.0. The van der Waals surface area contributed by atoms with Crippen LogP contribution in [0, 0.1) is 0 Å². The molecule has 0 fully saturated rings. The molecule has 356 valence electrons. The van der Waals surface area contributed by atoms with Gasteiger partial charge in [0.2, 0.25) is 0 Å². The van der Waals surface area contributed by atoms with Gasteiger partial charge in [0.25, 0.3) is 0 Å². The number of carbonyl (C=O) groups excluding carboxylic acids is 3. The highest BCUT2D eigenvalue weighted by molar-refractivity contribution is 5.71. The van der Waals surface area contributed by atoms with Gasteiger partial charge in [-0.1, -0.05) is 243 Å². The Labute approximate surface area is 378 Å². The van der Waals surface area contributed by atoms with Crippen molar-refractivity contribution in [3.63, 3.8) is 0 Å². The molecule has 0 aliphatic carbocycles. The fourth-order valence-electron chi connectivity index (χ4n) is 7.69. The number of ether oxygens (including phenoxy) is 3. The van der Waals surface area contributed by atoms with Crippen LogP contribution in [0.15, 0.2) is 36.5 Å². The minimum absolute atomic E-state index is 0.0799. The predicted octanol–water partition coefficient (Wildman–Crippen LogP) is 17.3. The van der Waals surface area contributed by atoms with Crippen molar-refractivity contribution in [1.82, 2.24) is 0 Å². The summed E-state index contributed by atoms with van der Waals surface area (Å²) < 4.78 is 16.8. The molecule has 0 saturated heterocycles. The lowest BCUT2D eigenvalue weighted by Gasteiger charge is -2.18. The van der Waals surface area contributed by atoms with Gasteiger partial charge in [0.1, 0.15) is 13.2 Å². The highest BCUT2D eigenvalue weighted by atomic mass is 16.6.